The normalized spacial score (nSPS) is 10.8. The summed E-state index contributed by atoms with van der Waals surface area (Å²) >= 11 is 5.06. The van der Waals surface area contributed by atoms with Gasteiger partial charge in [-0.1, -0.05) is 0 Å². The molecule has 0 amide bonds. The Hall–Kier alpha value is -2.21. The minimum atomic E-state index is 0.525. The van der Waals surface area contributed by atoms with Gasteiger partial charge in [0.1, 0.15) is 0 Å². The van der Waals surface area contributed by atoms with Crippen LogP contribution in [0.5, 0.6) is 0 Å². The lowest BCUT2D eigenvalue weighted by Gasteiger charge is -2.08. The summed E-state index contributed by atoms with van der Waals surface area (Å²) < 4.78 is 2.17. The molecule has 0 spiro atoms. The molecule has 2 N–H and O–H groups in total. The average Bonchev–Trinajstić information content (AvgIpc) is 2.75. The predicted octanol–water partition coefficient (Wildman–Crippen LogP) is 2.31. The van der Waals surface area contributed by atoms with Crippen LogP contribution < -0.4 is 10.7 Å². The van der Waals surface area contributed by atoms with Crippen LogP contribution >= 0.6 is 12.2 Å². The number of hydrogen-bond donors (Lipinski definition) is 2. The van der Waals surface area contributed by atoms with Gasteiger partial charge in [-0.15, -0.1) is 0 Å². The molecule has 0 aromatic carbocycles. The topological polar surface area (TPSA) is 54.2 Å². The molecule has 0 aliphatic heterocycles. The van der Waals surface area contributed by atoms with E-state index in [2.05, 4.69) is 45.3 Å². The molecule has 2 aromatic heterocycles. The largest absolute Gasteiger partial charge is 0.362 e. The van der Waals surface area contributed by atoms with Crippen molar-refractivity contribution < 1.29 is 0 Å². The summed E-state index contributed by atoms with van der Waals surface area (Å²) in [6, 6.07) is 6.07. The molecule has 2 aromatic rings. The lowest BCUT2D eigenvalue weighted by molar-refractivity contribution is 0.903. The van der Waals surface area contributed by atoms with Crippen molar-refractivity contribution in [1.82, 2.24) is 20.3 Å². The fraction of sp³-hybridized carbons (Fsp3) is 0.267. The van der Waals surface area contributed by atoms with Gasteiger partial charge in [-0.25, -0.2) is 0 Å². The minimum Gasteiger partial charge on any atom is -0.362 e. The maximum atomic E-state index is 5.06. The summed E-state index contributed by atoms with van der Waals surface area (Å²) in [5.74, 6) is 0. The highest BCUT2D eigenvalue weighted by Gasteiger charge is 2.08. The summed E-state index contributed by atoms with van der Waals surface area (Å²) in [6.07, 6.45) is 5.36. The monoisotopic (exact) mass is 301 g/mol. The smallest absolute Gasteiger partial charge is 0.186 e. The van der Waals surface area contributed by atoms with Crippen molar-refractivity contribution >= 4 is 23.5 Å². The molecule has 0 atom stereocenters. The van der Waals surface area contributed by atoms with E-state index in [1.807, 2.05) is 19.1 Å². The molecule has 0 bridgehead atoms. The van der Waals surface area contributed by atoms with Gasteiger partial charge in [-0.2, -0.15) is 5.10 Å². The third-order valence-corrected chi connectivity index (χ3v) is 3.33. The Morgan fingerprint density at radius 1 is 1.38 bits per heavy atom. The Morgan fingerprint density at radius 3 is 2.76 bits per heavy atom. The van der Waals surface area contributed by atoms with Crippen LogP contribution in [0, 0.1) is 13.8 Å². The molecule has 5 nitrogen and oxygen atoms in total. The number of hydrazone groups is 1. The fourth-order valence-electron chi connectivity index (χ4n) is 2.17. The van der Waals surface area contributed by atoms with E-state index in [0.29, 0.717) is 5.11 Å². The zero-order valence-corrected chi connectivity index (χ0v) is 13.2. The van der Waals surface area contributed by atoms with Crippen LogP contribution in [0.2, 0.25) is 0 Å². The van der Waals surface area contributed by atoms with Crippen molar-refractivity contribution in [3.05, 3.63) is 47.5 Å². The number of hydrogen-bond acceptors (Lipinski definition) is 3. The first-order valence-electron chi connectivity index (χ1n) is 6.79. The highest BCUT2D eigenvalue weighted by molar-refractivity contribution is 7.80. The van der Waals surface area contributed by atoms with Crippen LogP contribution in [0.3, 0.4) is 0 Å². The van der Waals surface area contributed by atoms with E-state index >= 15 is 0 Å². The summed E-state index contributed by atoms with van der Waals surface area (Å²) in [5.41, 5.74) is 7.21. The molecule has 0 saturated carbocycles. The van der Waals surface area contributed by atoms with Crippen molar-refractivity contribution in [1.29, 1.82) is 0 Å². The zero-order valence-electron chi connectivity index (χ0n) is 12.4. The van der Waals surface area contributed by atoms with E-state index in [4.69, 9.17) is 12.2 Å². The number of aromatic nitrogens is 2. The first-order chi connectivity index (χ1) is 10.1. The van der Waals surface area contributed by atoms with Crippen LogP contribution in [0.15, 0.2) is 35.7 Å². The molecule has 0 radical (unpaired) electrons. The van der Waals surface area contributed by atoms with Gasteiger partial charge in [-0.3, -0.25) is 10.4 Å². The minimum absolute atomic E-state index is 0.525. The SMILES string of the molecule is CCNC(=S)N/N=C\c1cc(C)n(-c2ccncc2)c1C. The van der Waals surface area contributed by atoms with Gasteiger partial charge >= 0.3 is 0 Å². The Labute approximate surface area is 130 Å². The van der Waals surface area contributed by atoms with Gasteiger partial charge < -0.3 is 9.88 Å². The van der Waals surface area contributed by atoms with Gasteiger partial charge in [0.05, 0.1) is 6.21 Å². The lowest BCUT2D eigenvalue weighted by Crippen LogP contribution is -2.31. The third kappa shape index (κ3) is 3.66. The molecule has 0 fully saturated rings. The average molecular weight is 301 g/mol. The first kappa shape index (κ1) is 15.2. The molecule has 21 heavy (non-hydrogen) atoms. The molecule has 0 unspecified atom stereocenters. The maximum absolute atomic E-state index is 5.06. The Balaban J connectivity index is 2.20. The molecule has 2 heterocycles. The number of pyridine rings is 1. The van der Waals surface area contributed by atoms with Crippen LogP contribution in [0.25, 0.3) is 5.69 Å². The van der Waals surface area contributed by atoms with Crippen molar-refractivity contribution in [2.75, 3.05) is 6.54 Å². The van der Waals surface area contributed by atoms with Gasteiger partial charge in [0.2, 0.25) is 0 Å². The van der Waals surface area contributed by atoms with Crippen molar-refractivity contribution in [3.63, 3.8) is 0 Å². The second-order valence-electron chi connectivity index (χ2n) is 4.60. The highest BCUT2D eigenvalue weighted by atomic mass is 32.1. The lowest BCUT2D eigenvalue weighted by atomic mass is 10.2. The molecule has 2 rings (SSSR count). The van der Waals surface area contributed by atoms with Gasteiger partial charge in [-0.05, 0) is 51.2 Å². The standard InChI is InChI=1S/C15H19N5S/c1-4-17-15(21)19-18-10-13-9-11(2)20(12(13)3)14-5-7-16-8-6-14/h5-10H,4H2,1-3H3,(H2,17,19,21)/b18-10-. The predicted molar refractivity (Wildman–Crippen MR) is 90.0 cm³/mol. The second kappa shape index (κ2) is 6.99. The molecule has 0 saturated heterocycles. The van der Waals surface area contributed by atoms with Crippen LogP contribution in [0.1, 0.15) is 23.9 Å². The number of aryl methyl sites for hydroxylation is 1. The van der Waals surface area contributed by atoms with E-state index in [0.717, 1.165) is 29.2 Å². The molecule has 0 aliphatic rings. The first-order valence-corrected chi connectivity index (χ1v) is 7.20. The number of rotatable bonds is 4. The fourth-order valence-corrected chi connectivity index (χ4v) is 2.37. The van der Waals surface area contributed by atoms with E-state index in [9.17, 15) is 0 Å². The van der Waals surface area contributed by atoms with Crippen molar-refractivity contribution in [3.8, 4) is 5.69 Å². The molecular formula is C15H19N5S. The van der Waals surface area contributed by atoms with E-state index in [1.54, 1.807) is 18.6 Å². The summed E-state index contributed by atoms with van der Waals surface area (Å²) in [6.45, 7) is 6.90. The molecule has 0 aliphatic carbocycles. The summed E-state index contributed by atoms with van der Waals surface area (Å²) in [5, 5.41) is 7.67. The van der Waals surface area contributed by atoms with Crippen molar-refractivity contribution in [2.45, 2.75) is 20.8 Å². The quantitative estimate of drug-likeness (QED) is 0.517. The second-order valence-corrected chi connectivity index (χ2v) is 5.00. The van der Waals surface area contributed by atoms with E-state index in [1.165, 1.54) is 0 Å². The molecular weight excluding hydrogens is 282 g/mol. The van der Waals surface area contributed by atoms with Crippen molar-refractivity contribution in [2.24, 2.45) is 5.10 Å². The molecule has 6 heteroatoms. The maximum Gasteiger partial charge on any atom is 0.186 e. The number of nitrogens with one attached hydrogen (secondary N) is 2. The zero-order chi connectivity index (χ0) is 15.2. The van der Waals surface area contributed by atoms with Gasteiger partial charge in [0.25, 0.3) is 0 Å². The summed E-state index contributed by atoms with van der Waals surface area (Å²) in [4.78, 5) is 4.05. The van der Waals surface area contributed by atoms with Crippen LogP contribution in [0.4, 0.5) is 0 Å². The van der Waals surface area contributed by atoms with Gasteiger partial charge in [0, 0.05) is 41.6 Å². The summed E-state index contributed by atoms with van der Waals surface area (Å²) in [7, 11) is 0. The van der Waals surface area contributed by atoms with E-state index < -0.39 is 0 Å². The number of thiocarbonyl (C=S) groups is 1. The van der Waals surface area contributed by atoms with Crippen LogP contribution in [-0.4, -0.2) is 27.4 Å². The highest BCUT2D eigenvalue weighted by Crippen LogP contribution is 2.18. The van der Waals surface area contributed by atoms with Gasteiger partial charge in [0.15, 0.2) is 5.11 Å². The Morgan fingerprint density at radius 2 is 2.10 bits per heavy atom. The third-order valence-electron chi connectivity index (χ3n) is 3.10. The number of nitrogens with zero attached hydrogens (tertiary/aromatic N) is 3. The van der Waals surface area contributed by atoms with Crippen LogP contribution in [-0.2, 0) is 0 Å². The Kier molecular flexibility index (Phi) is 5.05. The molecule has 110 valence electrons. The Bertz CT molecular complexity index is 646. The van der Waals surface area contributed by atoms with E-state index in [-0.39, 0.29) is 0 Å².